The third kappa shape index (κ3) is 6.64. The highest BCUT2D eigenvalue weighted by Gasteiger charge is 2.28. The van der Waals surface area contributed by atoms with Crippen molar-refractivity contribution in [1.29, 1.82) is 0 Å². The number of pyridine rings is 1. The van der Waals surface area contributed by atoms with Crippen molar-refractivity contribution in [2.75, 3.05) is 0 Å². The molecular weight excluding hydrogens is 414 g/mol. The van der Waals surface area contributed by atoms with Gasteiger partial charge in [0, 0.05) is 17.6 Å². The minimum atomic E-state index is -3.91. The van der Waals surface area contributed by atoms with Crippen LogP contribution >= 0.6 is 0 Å². The molecule has 170 valence electrons. The van der Waals surface area contributed by atoms with Crippen molar-refractivity contribution >= 4 is 26.8 Å². The summed E-state index contributed by atoms with van der Waals surface area (Å²) < 4.78 is 28.8. The average Bonchev–Trinajstić information content (AvgIpc) is 2.68. The zero-order valence-electron chi connectivity index (χ0n) is 18.3. The van der Waals surface area contributed by atoms with Gasteiger partial charge in [0.1, 0.15) is 6.04 Å². The third-order valence-corrected chi connectivity index (χ3v) is 7.25. The van der Waals surface area contributed by atoms with Crippen molar-refractivity contribution in [2.45, 2.75) is 82.2 Å². The van der Waals surface area contributed by atoms with Gasteiger partial charge >= 0.3 is 0 Å². The van der Waals surface area contributed by atoms with Crippen molar-refractivity contribution in [3.63, 3.8) is 0 Å². The van der Waals surface area contributed by atoms with Gasteiger partial charge in [0.25, 0.3) is 0 Å². The van der Waals surface area contributed by atoms with Crippen molar-refractivity contribution in [3.05, 3.63) is 40.7 Å². The lowest BCUT2D eigenvalue weighted by atomic mass is 9.96. The van der Waals surface area contributed by atoms with E-state index >= 15 is 0 Å². The Morgan fingerprint density at radius 1 is 1.06 bits per heavy atom. The number of aromatic nitrogens is 1. The summed E-state index contributed by atoms with van der Waals surface area (Å²) in [7, 11) is -3.91. The summed E-state index contributed by atoms with van der Waals surface area (Å²) in [5.74, 6) is -0.106. The van der Waals surface area contributed by atoms with Gasteiger partial charge < -0.3 is 10.3 Å². The average molecular weight is 448 g/mol. The maximum absolute atomic E-state index is 13.1. The van der Waals surface area contributed by atoms with Crippen LogP contribution in [-0.2, 0) is 14.8 Å². The van der Waals surface area contributed by atoms with Crippen LogP contribution in [0.5, 0.6) is 0 Å². The molecule has 3 N–H and O–H groups in total. The Labute approximate surface area is 184 Å². The first-order valence-corrected chi connectivity index (χ1v) is 12.7. The van der Waals surface area contributed by atoms with Crippen LogP contribution in [0.1, 0.15) is 65.2 Å². The number of nitrogens with one attached hydrogen (secondary N) is 3. The van der Waals surface area contributed by atoms with Gasteiger partial charge in [-0.2, -0.15) is 4.72 Å². The monoisotopic (exact) mass is 447 g/mol. The van der Waals surface area contributed by atoms with Crippen molar-refractivity contribution in [1.82, 2.24) is 15.0 Å². The Bertz CT molecular complexity index is 1050. The molecule has 1 atom stereocenters. The van der Waals surface area contributed by atoms with Crippen LogP contribution in [0.2, 0.25) is 0 Å². The minimum Gasteiger partial charge on any atom is -0.352 e. The molecule has 1 fully saturated rings. The lowest BCUT2D eigenvalue weighted by Gasteiger charge is -2.25. The second-order valence-corrected chi connectivity index (χ2v) is 10.6. The third-order valence-electron chi connectivity index (χ3n) is 5.78. The van der Waals surface area contributed by atoms with Crippen LogP contribution in [0.4, 0.5) is 0 Å². The van der Waals surface area contributed by atoms with Crippen LogP contribution < -0.4 is 15.6 Å². The molecule has 0 spiro atoms. The number of amides is 1. The topological polar surface area (TPSA) is 108 Å². The molecule has 0 saturated heterocycles. The standard InChI is InChI=1S/C23H33N3O4S/c1-16(2)14-21(23(28)24-18-8-6-4-3-5-7-9-18)26-31(29,30)19-11-12-20-17(15-19)10-13-22(27)25-20/h10-13,15-16,18,21,26H,3-9,14H2,1-2H3,(H,24,28)(H,25,27)/t21-/m0/s1. The summed E-state index contributed by atoms with van der Waals surface area (Å²) in [6.45, 7) is 3.94. The second-order valence-electron chi connectivity index (χ2n) is 8.93. The Morgan fingerprint density at radius 3 is 2.42 bits per heavy atom. The van der Waals surface area contributed by atoms with Crippen molar-refractivity contribution in [2.24, 2.45) is 5.92 Å². The molecule has 8 heteroatoms. The Hall–Kier alpha value is -2.19. The first-order chi connectivity index (χ1) is 14.7. The first kappa shape index (κ1) is 23.5. The number of sulfonamides is 1. The number of fused-ring (bicyclic) bond motifs is 1. The molecule has 0 unspecified atom stereocenters. The second kappa shape index (κ2) is 10.4. The van der Waals surface area contributed by atoms with E-state index in [0.29, 0.717) is 17.3 Å². The molecule has 7 nitrogen and oxygen atoms in total. The van der Waals surface area contributed by atoms with E-state index < -0.39 is 16.1 Å². The first-order valence-electron chi connectivity index (χ1n) is 11.2. The fourth-order valence-electron chi connectivity index (χ4n) is 4.14. The summed E-state index contributed by atoms with van der Waals surface area (Å²) in [4.78, 5) is 27.2. The molecule has 2 aromatic rings. The zero-order chi connectivity index (χ0) is 22.4. The predicted octanol–water partition coefficient (Wildman–Crippen LogP) is 3.45. The Morgan fingerprint density at radius 2 is 1.74 bits per heavy atom. The highest BCUT2D eigenvalue weighted by Crippen LogP contribution is 2.20. The molecule has 31 heavy (non-hydrogen) atoms. The van der Waals surface area contributed by atoms with Gasteiger partial charge in [-0.25, -0.2) is 8.42 Å². The molecule has 1 amide bonds. The van der Waals surface area contributed by atoms with Crippen LogP contribution in [0, 0.1) is 5.92 Å². The maximum Gasteiger partial charge on any atom is 0.248 e. The van der Waals surface area contributed by atoms with Crippen LogP contribution in [0.15, 0.2) is 40.0 Å². The van der Waals surface area contributed by atoms with E-state index in [4.69, 9.17) is 0 Å². The molecule has 1 aliphatic carbocycles. The molecule has 0 bridgehead atoms. The van der Waals surface area contributed by atoms with E-state index in [1.54, 1.807) is 12.1 Å². The highest BCUT2D eigenvalue weighted by atomic mass is 32.2. The van der Waals surface area contributed by atoms with Crippen LogP contribution in [0.3, 0.4) is 0 Å². The normalized spacial score (nSPS) is 17.3. The van der Waals surface area contributed by atoms with Crippen molar-refractivity contribution < 1.29 is 13.2 Å². The maximum atomic E-state index is 13.1. The lowest BCUT2D eigenvalue weighted by molar-refractivity contribution is -0.123. The fraction of sp³-hybridized carbons (Fsp3) is 0.565. The van der Waals surface area contributed by atoms with E-state index in [1.807, 2.05) is 13.8 Å². The van der Waals surface area contributed by atoms with Gasteiger partial charge in [-0.05, 0) is 54.8 Å². The number of H-pyrrole nitrogens is 1. The molecule has 1 aromatic heterocycles. The van der Waals surface area contributed by atoms with E-state index in [-0.39, 0.29) is 28.3 Å². The number of hydrogen-bond donors (Lipinski definition) is 3. The molecule has 1 aromatic carbocycles. The minimum absolute atomic E-state index is 0.0690. The summed E-state index contributed by atoms with van der Waals surface area (Å²) in [6.07, 6.45) is 8.08. The Balaban J connectivity index is 1.77. The number of carbonyl (C=O) groups is 1. The summed E-state index contributed by atoms with van der Waals surface area (Å²) in [5.41, 5.74) is 0.316. The summed E-state index contributed by atoms with van der Waals surface area (Å²) in [6, 6.07) is 6.73. The Kier molecular flexibility index (Phi) is 7.89. The number of hydrogen-bond acceptors (Lipinski definition) is 4. The molecule has 0 radical (unpaired) electrons. The number of aromatic amines is 1. The van der Waals surface area contributed by atoms with E-state index in [0.717, 1.165) is 25.7 Å². The molecule has 0 aliphatic heterocycles. The van der Waals surface area contributed by atoms with Crippen LogP contribution in [0.25, 0.3) is 10.9 Å². The smallest absolute Gasteiger partial charge is 0.248 e. The molecule has 1 saturated carbocycles. The van der Waals surface area contributed by atoms with Gasteiger partial charge in [-0.1, -0.05) is 46.0 Å². The molecule has 1 aliphatic rings. The van der Waals surface area contributed by atoms with Gasteiger partial charge in [-0.15, -0.1) is 0 Å². The highest BCUT2D eigenvalue weighted by molar-refractivity contribution is 7.89. The zero-order valence-corrected chi connectivity index (χ0v) is 19.1. The van der Waals surface area contributed by atoms with Gasteiger partial charge in [-0.3, -0.25) is 9.59 Å². The fourth-order valence-corrected chi connectivity index (χ4v) is 5.38. The van der Waals surface area contributed by atoms with Gasteiger partial charge in [0.15, 0.2) is 0 Å². The van der Waals surface area contributed by atoms with E-state index in [9.17, 15) is 18.0 Å². The molecule has 1 heterocycles. The molecule has 3 rings (SSSR count). The largest absolute Gasteiger partial charge is 0.352 e. The summed E-state index contributed by atoms with van der Waals surface area (Å²) in [5, 5.41) is 3.71. The predicted molar refractivity (Wildman–Crippen MR) is 122 cm³/mol. The van der Waals surface area contributed by atoms with Gasteiger partial charge in [0.05, 0.1) is 4.90 Å². The van der Waals surface area contributed by atoms with E-state index in [1.165, 1.54) is 37.5 Å². The number of rotatable bonds is 7. The van der Waals surface area contributed by atoms with E-state index in [2.05, 4.69) is 15.0 Å². The van der Waals surface area contributed by atoms with Crippen LogP contribution in [-0.4, -0.2) is 31.4 Å². The number of carbonyl (C=O) groups excluding carboxylic acids is 1. The quantitative estimate of drug-likeness (QED) is 0.604. The molecular formula is C23H33N3O4S. The summed E-state index contributed by atoms with van der Waals surface area (Å²) >= 11 is 0. The SMILES string of the molecule is CC(C)C[C@H](NS(=O)(=O)c1ccc2[nH]c(=O)ccc2c1)C(=O)NC1CCCCCCC1. The number of benzene rings is 1. The van der Waals surface area contributed by atoms with Crippen molar-refractivity contribution in [3.8, 4) is 0 Å². The lowest BCUT2D eigenvalue weighted by Crippen LogP contribution is -2.50. The van der Waals surface area contributed by atoms with Gasteiger partial charge in [0.2, 0.25) is 21.5 Å².